The van der Waals surface area contributed by atoms with Crippen molar-refractivity contribution in [2.45, 2.75) is 19.8 Å². The number of aryl methyl sites for hydroxylation is 1. The van der Waals surface area contributed by atoms with Crippen LogP contribution in [0.3, 0.4) is 0 Å². The van der Waals surface area contributed by atoms with E-state index < -0.39 is 0 Å². The van der Waals surface area contributed by atoms with Crippen LogP contribution in [-0.4, -0.2) is 0 Å². The smallest absolute Gasteiger partial charge is 0.0598 e. The van der Waals surface area contributed by atoms with Gasteiger partial charge in [0.25, 0.3) is 0 Å². The van der Waals surface area contributed by atoms with Crippen molar-refractivity contribution in [3.63, 3.8) is 0 Å². The second-order valence-corrected chi connectivity index (χ2v) is 4.85. The van der Waals surface area contributed by atoms with Crippen molar-refractivity contribution in [3.8, 4) is 11.1 Å². The van der Waals surface area contributed by atoms with Gasteiger partial charge in [-0.2, -0.15) is 0 Å². The van der Waals surface area contributed by atoms with Crippen LogP contribution in [0.4, 0.5) is 0 Å². The summed E-state index contributed by atoms with van der Waals surface area (Å²) >= 11 is 12.0. The van der Waals surface area contributed by atoms with Gasteiger partial charge in [0.15, 0.2) is 0 Å². The van der Waals surface area contributed by atoms with Crippen molar-refractivity contribution in [1.29, 1.82) is 0 Å². The summed E-state index contributed by atoms with van der Waals surface area (Å²) in [5.41, 5.74) is 3.73. The predicted octanol–water partition coefficient (Wildman–Crippen LogP) is 5.61. The second kappa shape index (κ2) is 5.57. The van der Waals surface area contributed by atoms with Crippen LogP contribution in [0.1, 0.15) is 18.9 Å². The van der Waals surface area contributed by atoms with Gasteiger partial charge in [0.1, 0.15) is 0 Å². The molecule has 17 heavy (non-hydrogen) atoms. The van der Waals surface area contributed by atoms with Crippen LogP contribution >= 0.6 is 23.2 Å². The van der Waals surface area contributed by atoms with Crippen molar-refractivity contribution in [2.24, 2.45) is 0 Å². The van der Waals surface area contributed by atoms with Gasteiger partial charge in [-0.05, 0) is 35.2 Å². The quantitative estimate of drug-likeness (QED) is 0.676. The summed E-state index contributed by atoms with van der Waals surface area (Å²) < 4.78 is 0. The number of hydrogen-bond donors (Lipinski definition) is 0. The molecule has 0 unspecified atom stereocenters. The average Bonchev–Trinajstić information content (AvgIpc) is 2.34. The molecule has 0 aliphatic carbocycles. The largest absolute Gasteiger partial charge is 0.0827 e. The van der Waals surface area contributed by atoms with Gasteiger partial charge in [-0.3, -0.25) is 0 Å². The molecule has 2 heteroatoms. The zero-order chi connectivity index (χ0) is 12.3. The summed E-state index contributed by atoms with van der Waals surface area (Å²) in [6, 6.07) is 14.2. The first kappa shape index (κ1) is 12.5. The third-order valence-electron chi connectivity index (χ3n) is 2.77. The highest BCUT2D eigenvalue weighted by Crippen LogP contribution is 2.30. The van der Waals surface area contributed by atoms with Gasteiger partial charge in [-0.25, -0.2) is 0 Å². The topological polar surface area (TPSA) is 0 Å². The van der Waals surface area contributed by atoms with Gasteiger partial charge < -0.3 is 0 Å². The molecule has 0 N–H and O–H groups in total. The molecule has 0 atom stereocenters. The van der Waals surface area contributed by atoms with Crippen molar-refractivity contribution in [3.05, 3.63) is 58.1 Å². The van der Waals surface area contributed by atoms with E-state index in [2.05, 4.69) is 31.2 Å². The molecule has 0 nitrogen and oxygen atoms in total. The first-order valence-electron chi connectivity index (χ1n) is 5.75. The van der Waals surface area contributed by atoms with E-state index in [0.29, 0.717) is 10.0 Å². The van der Waals surface area contributed by atoms with E-state index in [0.717, 1.165) is 18.4 Å². The highest BCUT2D eigenvalue weighted by molar-refractivity contribution is 6.42. The van der Waals surface area contributed by atoms with E-state index in [9.17, 15) is 0 Å². The summed E-state index contributed by atoms with van der Waals surface area (Å²) in [6.07, 6.45) is 2.22. The van der Waals surface area contributed by atoms with Gasteiger partial charge in [-0.1, -0.05) is 66.9 Å². The first-order valence-corrected chi connectivity index (χ1v) is 6.51. The maximum Gasteiger partial charge on any atom is 0.0598 e. The normalized spacial score (nSPS) is 10.5. The Labute approximate surface area is 112 Å². The molecule has 2 aromatic carbocycles. The van der Waals surface area contributed by atoms with Gasteiger partial charge in [0.05, 0.1) is 10.0 Å². The molecule has 0 bridgehead atoms. The zero-order valence-electron chi connectivity index (χ0n) is 9.71. The molecule has 0 fully saturated rings. The summed E-state index contributed by atoms with van der Waals surface area (Å²) in [5, 5.41) is 1.21. The Morgan fingerprint density at radius 3 is 2.41 bits per heavy atom. The summed E-state index contributed by atoms with van der Waals surface area (Å²) in [5.74, 6) is 0. The Bertz CT molecular complexity index is 518. The van der Waals surface area contributed by atoms with E-state index in [1.165, 1.54) is 11.1 Å². The Morgan fingerprint density at radius 2 is 1.71 bits per heavy atom. The molecule has 2 rings (SSSR count). The highest BCUT2D eigenvalue weighted by Gasteiger charge is 2.05. The summed E-state index contributed by atoms with van der Waals surface area (Å²) in [6.45, 7) is 2.19. The molecule has 88 valence electrons. The van der Waals surface area contributed by atoms with E-state index >= 15 is 0 Å². The van der Waals surface area contributed by atoms with Crippen LogP contribution in [0.25, 0.3) is 11.1 Å². The Kier molecular flexibility index (Phi) is 4.09. The van der Waals surface area contributed by atoms with E-state index in [1.807, 2.05) is 18.2 Å². The Morgan fingerprint density at radius 1 is 0.941 bits per heavy atom. The molecule has 2 aromatic rings. The SMILES string of the molecule is CCCc1ccccc1-c1ccc(Cl)c(Cl)c1. The zero-order valence-corrected chi connectivity index (χ0v) is 11.2. The summed E-state index contributed by atoms with van der Waals surface area (Å²) in [4.78, 5) is 0. The third kappa shape index (κ3) is 2.83. The maximum atomic E-state index is 6.06. The standard InChI is InChI=1S/C15H14Cl2/c1-2-5-11-6-3-4-7-13(11)12-8-9-14(16)15(17)10-12/h3-4,6-10H,2,5H2,1H3. The minimum Gasteiger partial charge on any atom is -0.0827 e. The first-order chi connectivity index (χ1) is 8.22. The van der Waals surface area contributed by atoms with Gasteiger partial charge >= 0.3 is 0 Å². The third-order valence-corrected chi connectivity index (χ3v) is 3.51. The molecule has 0 aliphatic rings. The molecule has 0 radical (unpaired) electrons. The molecule has 0 amide bonds. The Hall–Kier alpha value is -0.980. The lowest BCUT2D eigenvalue weighted by molar-refractivity contribution is 0.923. The van der Waals surface area contributed by atoms with Crippen LogP contribution in [0, 0.1) is 0 Å². The molecule has 0 aliphatic heterocycles. The monoisotopic (exact) mass is 264 g/mol. The molecule has 0 saturated carbocycles. The number of rotatable bonds is 3. The Balaban J connectivity index is 2.48. The second-order valence-electron chi connectivity index (χ2n) is 4.04. The fourth-order valence-corrected chi connectivity index (χ4v) is 2.25. The maximum absolute atomic E-state index is 6.06. The van der Waals surface area contributed by atoms with E-state index in [-0.39, 0.29) is 0 Å². The van der Waals surface area contributed by atoms with Crippen LogP contribution in [0.2, 0.25) is 10.0 Å². The van der Waals surface area contributed by atoms with Crippen LogP contribution in [0.5, 0.6) is 0 Å². The van der Waals surface area contributed by atoms with Crippen LogP contribution in [-0.2, 0) is 6.42 Å². The fourth-order valence-electron chi connectivity index (χ4n) is 1.95. The molecule has 0 aromatic heterocycles. The van der Waals surface area contributed by atoms with Crippen molar-refractivity contribution in [2.75, 3.05) is 0 Å². The van der Waals surface area contributed by atoms with Crippen molar-refractivity contribution in [1.82, 2.24) is 0 Å². The lowest BCUT2D eigenvalue weighted by Crippen LogP contribution is -1.89. The molecule has 0 spiro atoms. The minimum atomic E-state index is 0.600. The van der Waals surface area contributed by atoms with Crippen molar-refractivity contribution < 1.29 is 0 Å². The average molecular weight is 265 g/mol. The predicted molar refractivity (Wildman–Crippen MR) is 75.9 cm³/mol. The van der Waals surface area contributed by atoms with Gasteiger partial charge in [0, 0.05) is 0 Å². The fraction of sp³-hybridized carbons (Fsp3) is 0.200. The summed E-state index contributed by atoms with van der Waals surface area (Å²) in [7, 11) is 0. The van der Waals surface area contributed by atoms with Gasteiger partial charge in [-0.15, -0.1) is 0 Å². The number of hydrogen-bond acceptors (Lipinski definition) is 0. The van der Waals surface area contributed by atoms with Crippen molar-refractivity contribution >= 4 is 23.2 Å². The minimum absolute atomic E-state index is 0.600. The van der Waals surface area contributed by atoms with E-state index in [1.54, 1.807) is 0 Å². The van der Waals surface area contributed by atoms with Gasteiger partial charge in [0.2, 0.25) is 0 Å². The number of benzene rings is 2. The van der Waals surface area contributed by atoms with Crippen LogP contribution < -0.4 is 0 Å². The molecule has 0 saturated heterocycles. The van der Waals surface area contributed by atoms with E-state index in [4.69, 9.17) is 23.2 Å². The lowest BCUT2D eigenvalue weighted by Gasteiger charge is -2.09. The highest BCUT2D eigenvalue weighted by atomic mass is 35.5. The molecular weight excluding hydrogens is 251 g/mol. The molecule has 0 heterocycles. The van der Waals surface area contributed by atoms with Crippen LogP contribution in [0.15, 0.2) is 42.5 Å². The lowest BCUT2D eigenvalue weighted by atomic mass is 9.97. The molecular formula is C15H14Cl2. The number of halogens is 2.